The number of nitrogens with zero attached hydrogens (tertiary/aromatic N) is 1. The molecule has 0 radical (unpaired) electrons. The Labute approximate surface area is 138 Å². The summed E-state index contributed by atoms with van der Waals surface area (Å²) in [7, 11) is 1.53. The van der Waals surface area contributed by atoms with Crippen molar-refractivity contribution in [2.24, 2.45) is 5.73 Å². The summed E-state index contributed by atoms with van der Waals surface area (Å²) < 4.78 is 6.02. The molecule has 22 heavy (non-hydrogen) atoms. The van der Waals surface area contributed by atoms with Crippen LogP contribution in [0.25, 0.3) is 0 Å². The molecular formula is C16H21BrN2O3. The first kappa shape index (κ1) is 17.0. The van der Waals surface area contributed by atoms with E-state index in [0.717, 1.165) is 17.3 Å². The van der Waals surface area contributed by atoms with Crippen LogP contribution < -0.4 is 10.5 Å². The van der Waals surface area contributed by atoms with Crippen LogP contribution in [0.3, 0.4) is 0 Å². The molecule has 5 nitrogen and oxygen atoms in total. The second kappa shape index (κ2) is 7.74. The molecule has 0 bridgehead atoms. The van der Waals surface area contributed by atoms with Gasteiger partial charge in [0.05, 0.1) is 12.7 Å². The van der Waals surface area contributed by atoms with Crippen LogP contribution in [0, 0.1) is 0 Å². The van der Waals surface area contributed by atoms with E-state index in [1.54, 1.807) is 17.0 Å². The molecule has 0 atom stereocenters. The van der Waals surface area contributed by atoms with E-state index in [9.17, 15) is 9.59 Å². The number of rotatable bonds is 5. The maximum absolute atomic E-state index is 12.3. The van der Waals surface area contributed by atoms with Gasteiger partial charge in [0.15, 0.2) is 5.78 Å². The van der Waals surface area contributed by atoms with Gasteiger partial charge in [0.2, 0.25) is 5.91 Å². The predicted molar refractivity (Wildman–Crippen MR) is 88.0 cm³/mol. The first-order chi connectivity index (χ1) is 10.5. The highest BCUT2D eigenvalue weighted by atomic mass is 79.9. The highest BCUT2D eigenvalue weighted by Gasteiger charge is 2.21. The van der Waals surface area contributed by atoms with Crippen molar-refractivity contribution in [1.29, 1.82) is 0 Å². The van der Waals surface area contributed by atoms with Crippen LogP contribution in [0.4, 0.5) is 0 Å². The van der Waals surface area contributed by atoms with Crippen LogP contribution in [0.5, 0.6) is 5.75 Å². The van der Waals surface area contributed by atoms with Crippen LogP contribution in [-0.2, 0) is 4.79 Å². The van der Waals surface area contributed by atoms with Crippen molar-refractivity contribution in [3.05, 3.63) is 28.2 Å². The summed E-state index contributed by atoms with van der Waals surface area (Å²) in [6.07, 6.45) is 2.08. The van der Waals surface area contributed by atoms with E-state index < -0.39 is 0 Å². The number of amides is 1. The van der Waals surface area contributed by atoms with Gasteiger partial charge in [-0.25, -0.2) is 0 Å². The van der Waals surface area contributed by atoms with Crippen LogP contribution in [0.15, 0.2) is 22.7 Å². The molecule has 1 fully saturated rings. The lowest BCUT2D eigenvalue weighted by Crippen LogP contribution is -2.42. The number of likely N-dealkylation sites (tertiary alicyclic amines) is 1. The zero-order valence-corrected chi connectivity index (χ0v) is 14.3. The maximum atomic E-state index is 12.3. The number of ketones is 1. The summed E-state index contributed by atoms with van der Waals surface area (Å²) in [6, 6.07) is 5.48. The molecule has 1 saturated heterocycles. The average molecular weight is 369 g/mol. The number of halogens is 1. The second-order valence-corrected chi connectivity index (χ2v) is 6.40. The zero-order valence-electron chi connectivity index (χ0n) is 12.7. The molecule has 0 saturated carbocycles. The third-order valence-electron chi connectivity index (χ3n) is 3.92. The smallest absolute Gasteiger partial charge is 0.223 e. The molecule has 1 aromatic carbocycles. The first-order valence-electron chi connectivity index (χ1n) is 7.41. The van der Waals surface area contributed by atoms with Gasteiger partial charge in [-0.1, -0.05) is 15.9 Å². The van der Waals surface area contributed by atoms with E-state index >= 15 is 0 Å². The summed E-state index contributed by atoms with van der Waals surface area (Å²) in [6.45, 7) is 1.38. The number of benzene rings is 1. The molecule has 1 aromatic rings. The highest BCUT2D eigenvalue weighted by molar-refractivity contribution is 9.10. The number of hydrogen-bond donors (Lipinski definition) is 1. The molecule has 1 aliphatic heterocycles. The number of Topliss-reactive ketones (excluding diaryl/α,β-unsaturated/α-hetero) is 1. The van der Waals surface area contributed by atoms with Crippen molar-refractivity contribution in [3.8, 4) is 5.75 Å². The summed E-state index contributed by atoms with van der Waals surface area (Å²) in [4.78, 5) is 26.3. The fourth-order valence-corrected chi connectivity index (χ4v) is 2.92. The van der Waals surface area contributed by atoms with Crippen molar-refractivity contribution in [3.63, 3.8) is 0 Å². The number of hydrogen-bond acceptors (Lipinski definition) is 4. The third kappa shape index (κ3) is 4.30. The Kier molecular flexibility index (Phi) is 5.97. The normalized spacial score (nSPS) is 15.7. The van der Waals surface area contributed by atoms with E-state index in [0.29, 0.717) is 24.4 Å². The Bertz CT molecular complexity index is 554. The van der Waals surface area contributed by atoms with Gasteiger partial charge in [-0.05, 0) is 31.0 Å². The molecule has 0 aromatic heterocycles. The van der Waals surface area contributed by atoms with Crippen molar-refractivity contribution in [2.45, 2.75) is 31.7 Å². The molecule has 1 heterocycles. The Hall–Kier alpha value is -1.40. The molecule has 2 rings (SSSR count). The monoisotopic (exact) mass is 368 g/mol. The van der Waals surface area contributed by atoms with Crippen LogP contribution >= 0.6 is 15.9 Å². The summed E-state index contributed by atoms with van der Waals surface area (Å²) in [5.41, 5.74) is 6.34. The van der Waals surface area contributed by atoms with E-state index in [1.807, 2.05) is 6.07 Å². The first-order valence-corrected chi connectivity index (χ1v) is 8.20. The van der Waals surface area contributed by atoms with Gasteiger partial charge in [0, 0.05) is 36.4 Å². The Morgan fingerprint density at radius 3 is 2.64 bits per heavy atom. The standard InChI is InChI=1S/C16H21BrN2O3/c1-22-15-4-2-11(17)10-13(15)14(20)3-5-16(21)19-8-6-12(18)7-9-19/h2,4,10,12H,3,5-9,18H2,1H3. The number of piperidine rings is 1. The van der Waals surface area contributed by atoms with E-state index in [4.69, 9.17) is 10.5 Å². The number of methoxy groups -OCH3 is 1. The average Bonchev–Trinajstić information content (AvgIpc) is 2.53. The minimum Gasteiger partial charge on any atom is -0.496 e. The lowest BCUT2D eigenvalue weighted by Gasteiger charge is -2.30. The van der Waals surface area contributed by atoms with Crippen LogP contribution in [-0.4, -0.2) is 42.8 Å². The summed E-state index contributed by atoms with van der Waals surface area (Å²) >= 11 is 3.35. The number of ether oxygens (including phenoxy) is 1. The molecule has 6 heteroatoms. The van der Waals surface area contributed by atoms with Crippen LogP contribution in [0.1, 0.15) is 36.0 Å². The van der Waals surface area contributed by atoms with E-state index in [2.05, 4.69) is 15.9 Å². The number of nitrogens with two attached hydrogens (primary N) is 1. The quantitative estimate of drug-likeness (QED) is 0.809. The van der Waals surface area contributed by atoms with Crippen molar-refractivity contribution >= 4 is 27.6 Å². The molecular weight excluding hydrogens is 348 g/mol. The third-order valence-corrected chi connectivity index (χ3v) is 4.41. The lowest BCUT2D eigenvalue weighted by atomic mass is 10.0. The molecule has 0 unspecified atom stereocenters. The Balaban J connectivity index is 1.92. The van der Waals surface area contributed by atoms with Gasteiger partial charge in [0.25, 0.3) is 0 Å². The van der Waals surface area contributed by atoms with Gasteiger partial charge >= 0.3 is 0 Å². The molecule has 1 aliphatic rings. The summed E-state index contributed by atoms with van der Waals surface area (Å²) in [5, 5.41) is 0. The van der Waals surface area contributed by atoms with Crippen molar-refractivity contribution in [1.82, 2.24) is 4.90 Å². The van der Waals surface area contributed by atoms with Crippen molar-refractivity contribution in [2.75, 3.05) is 20.2 Å². The molecule has 2 N–H and O–H groups in total. The molecule has 0 aliphatic carbocycles. The van der Waals surface area contributed by atoms with Gasteiger partial charge < -0.3 is 15.4 Å². The maximum Gasteiger partial charge on any atom is 0.223 e. The fraction of sp³-hybridized carbons (Fsp3) is 0.500. The highest BCUT2D eigenvalue weighted by Crippen LogP contribution is 2.24. The Morgan fingerprint density at radius 2 is 2.00 bits per heavy atom. The van der Waals surface area contributed by atoms with E-state index in [1.165, 1.54) is 7.11 Å². The van der Waals surface area contributed by atoms with Gasteiger partial charge in [-0.2, -0.15) is 0 Å². The minimum absolute atomic E-state index is 0.0224. The fourth-order valence-electron chi connectivity index (χ4n) is 2.56. The minimum atomic E-state index is -0.0831. The lowest BCUT2D eigenvalue weighted by molar-refractivity contribution is -0.132. The molecule has 1 amide bonds. The van der Waals surface area contributed by atoms with E-state index in [-0.39, 0.29) is 30.6 Å². The van der Waals surface area contributed by atoms with Crippen LogP contribution in [0.2, 0.25) is 0 Å². The Morgan fingerprint density at radius 1 is 1.32 bits per heavy atom. The molecule has 120 valence electrons. The SMILES string of the molecule is COc1ccc(Br)cc1C(=O)CCC(=O)N1CCC(N)CC1. The van der Waals surface area contributed by atoms with Crippen molar-refractivity contribution < 1.29 is 14.3 Å². The summed E-state index contributed by atoms with van der Waals surface area (Å²) in [5.74, 6) is 0.471. The topological polar surface area (TPSA) is 72.6 Å². The van der Waals surface area contributed by atoms with Gasteiger partial charge in [0.1, 0.15) is 5.75 Å². The van der Waals surface area contributed by atoms with Gasteiger partial charge in [-0.15, -0.1) is 0 Å². The number of carbonyl (C=O) groups excluding carboxylic acids is 2. The second-order valence-electron chi connectivity index (χ2n) is 5.49. The largest absolute Gasteiger partial charge is 0.496 e. The number of carbonyl (C=O) groups is 2. The predicted octanol–water partition coefficient (Wildman–Crippen LogP) is 2.37. The van der Waals surface area contributed by atoms with Gasteiger partial charge in [-0.3, -0.25) is 9.59 Å². The molecule has 0 spiro atoms. The zero-order chi connectivity index (χ0) is 16.1.